The van der Waals surface area contributed by atoms with Gasteiger partial charge in [0.2, 0.25) is 0 Å². The van der Waals surface area contributed by atoms with E-state index in [1.54, 1.807) is 67.6 Å². The predicted molar refractivity (Wildman–Crippen MR) is 109 cm³/mol. The van der Waals surface area contributed by atoms with Crippen molar-refractivity contribution in [2.24, 2.45) is 0 Å². The molecule has 0 bridgehead atoms. The van der Waals surface area contributed by atoms with Crippen LogP contribution < -0.4 is 9.47 Å². The van der Waals surface area contributed by atoms with E-state index >= 15 is 0 Å². The van der Waals surface area contributed by atoms with Gasteiger partial charge < -0.3 is 9.47 Å². The summed E-state index contributed by atoms with van der Waals surface area (Å²) in [6, 6.07) is 19.0. The first-order valence-corrected chi connectivity index (χ1v) is 8.80. The van der Waals surface area contributed by atoms with Crippen LogP contribution >= 0.6 is 0 Å². The van der Waals surface area contributed by atoms with E-state index in [0.29, 0.717) is 28.2 Å². The Bertz CT molecular complexity index is 1020. The fourth-order valence-corrected chi connectivity index (χ4v) is 2.58. The van der Waals surface area contributed by atoms with Crippen molar-refractivity contribution < 1.29 is 19.1 Å². The van der Waals surface area contributed by atoms with Crippen molar-refractivity contribution in [2.45, 2.75) is 13.8 Å². The second-order valence-electron chi connectivity index (χ2n) is 6.40. The van der Waals surface area contributed by atoms with Crippen molar-refractivity contribution in [1.29, 1.82) is 0 Å². The quantitative estimate of drug-likeness (QED) is 0.445. The number of ether oxygens (including phenoxy) is 2. The molecule has 0 aliphatic heterocycles. The average Bonchev–Trinajstić information content (AvgIpc) is 2.71. The van der Waals surface area contributed by atoms with Gasteiger partial charge in [0, 0.05) is 0 Å². The van der Waals surface area contributed by atoms with Crippen molar-refractivity contribution in [1.82, 2.24) is 0 Å². The molecule has 0 aromatic heterocycles. The molecule has 0 aliphatic rings. The Morgan fingerprint density at radius 2 is 1.39 bits per heavy atom. The Labute approximate surface area is 164 Å². The van der Waals surface area contributed by atoms with Gasteiger partial charge in [-0.1, -0.05) is 42.5 Å². The normalized spacial score (nSPS) is 10.2. The molecule has 0 heterocycles. The standard InChI is InChI=1S/C24H20O4/c1-4-18-7-9-19(10-8-18)23(25)28-22-14-11-20(15-17(22)3)24(26)27-21-12-5-16(2)6-13-21/h4-15H,1H2,2-3H3. The average molecular weight is 372 g/mol. The molecule has 0 radical (unpaired) electrons. The smallest absolute Gasteiger partial charge is 0.343 e. The van der Waals surface area contributed by atoms with Crippen molar-refractivity contribution in [3.05, 3.63) is 101 Å². The number of benzene rings is 3. The summed E-state index contributed by atoms with van der Waals surface area (Å²) in [5.74, 6) is -0.0602. The molecule has 0 aliphatic carbocycles. The van der Waals surface area contributed by atoms with Crippen LogP contribution in [0.1, 0.15) is 37.4 Å². The first-order chi connectivity index (χ1) is 13.5. The third-order valence-electron chi connectivity index (χ3n) is 4.23. The van der Waals surface area contributed by atoms with Crippen LogP contribution in [0, 0.1) is 13.8 Å². The zero-order valence-corrected chi connectivity index (χ0v) is 15.8. The Morgan fingerprint density at radius 1 is 0.786 bits per heavy atom. The van der Waals surface area contributed by atoms with Crippen molar-refractivity contribution in [3.63, 3.8) is 0 Å². The highest BCUT2D eigenvalue weighted by atomic mass is 16.5. The van der Waals surface area contributed by atoms with E-state index in [4.69, 9.17) is 9.47 Å². The lowest BCUT2D eigenvalue weighted by atomic mass is 10.1. The number of esters is 2. The van der Waals surface area contributed by atoms with Crippen LogP contribution in [-0.4, -0.2) is 11.9 Å². The van der Waals surface area contributed by atoms with Gasteiger partial charge in [-0.15, -0.1) is 0 Å². The molecule has 3 rings (SSSR count). The minimum absolute atomic E-state index is 0.383. The van der Waals surface area contributed by atoms with Crippen molar-refractivity contribution >= 4 is 18.0 Å². The summed E-state index contributed by atoms with van der Waals surface area (Å²) < 4.78 is 10.8. The summed E-state index contributed by atoms with van der Waals surface area (Å²) in [7, 11) is 0. The molecule has 4 nitrogen and oxygen atoms in total. The summed E-state index contributed by atoms with van der Waals surface area (Å²) >= 11 is 0. The van der Waals surface area contributed by atoms with Crippen LogP contribution in [0.15, 0.2) is 73.3 Å². The monoisotopic (exact) mass is 372 g/mol. The van der Waals surface area contributed by atoms with Crippen LogP contribution in [0.5, 0.6) is 11.5 Å². The zero-order valence-electron chi connectivity index (χ0n) is 15.8. The Balaban J connectivity index is 1.70. The highest BCUT2D eigenvalue weighted by molar-refractivity contribution is 5.93. The maximum absolute atomic E-state index is 12.3. The Morgan fingerprint density at radius 3 is 2.00 bits per heavy atom. The second kappa shape index (κ2) is 8.35. The van der Waals surface area contributed by atoms with E-state index in [1.165, 1.54) is 0 Å². The van der Waals surface area contributed by atoms with Gasteiger partial charge >= 0.3 is 11.9 Å². The van der Waals surface area contributed by atoms with E-state index in [9.17, 15) is 9.59 Å². The molecule has 140 valence electrons. The molecule has 0 amide bonds. The Hall–Kier alpha value is -3.66. The summed E-state index contributed by atoms with van der Waals surface area (Å²) in [6.45, 7) is 7.41. The molecule has 0 saturated heterocycles. The molecule has 0 unspecified atom stereocenters. The van der Waals surface area contributed by atoms with Gasteiger partial charge in [0.05, 0.1) is 11.1 Å². The lowest BCUT2D eigenvalue weighted by molar-refractivity contribution is 0.0730. The fraction of sp³-hybridized carbons (Fsp3) is 0.0833. The first kappa shape index (κ1) is 19.1. The van der Waals surface area contributed by atoms with E-state index in [1.807, 2.05) is 19.1 Å². The minimum Gasteiger partial charge on any atom is -0.423 e. The number of carbonyl (C=O) groups excluding carboxylic acids is 2. The predicted octanol–water partition coefficient (Wildman–Crippen LogP) is 5.38. The number of hydrogen-bond donors (Lipinski definition) is 0. The van der Waals surface area contributed by atoms with Crippen LogP contribution in [-0.2, 0) is 0 Å². The van der Waals surface area contributed by atoms with Crippen molar-refractivity contribution in [3.8, 4) is 11.5 Å². The molecule has 4 heteroatoms. The zero-order chi connectivity index (χ0) is 20.1. The third-order valence-corrected chi connectivity index (χ3v) is 4.23. The lowest BCUT2D eigenvalue weighted by Gasteiger charge is -2.10. The van der Waals surface area contributed by atoms with Gasteiger partial charge in [0.15, 0.2) is 0 Å². The number of rotatable bonds is 5. The SMILES string of the molecule is C=Cc1ccc(C(=O)Oc2ccc(C(=O)Oc3ccc(C)cc3)cc2C)cc1. The number of hydrogen-bond acceptors (Lipinski definition) is 4. The topological polar surface area (TPSA) is 52.6 Å². The Kier molecular flexibility index (Phi) is 5.70. The second-order valence-corrected chi connectivity index (χ2v) is 6.40. The number of aryl methyl sites for hydroxylation is 2. The molecule has 0 fully saturated rings. The molecule has 3 aromatic carbocycles. The van der Waals surface area contributed by atoms with E-state index in [2.05, 4.69) is 6.58 Å². The molecular weight excluding hydrogens is 352 g/mol. The maximum atomic E-state index is 12.3. The van der Waals surface area contributed by atoms with Crippen LogP contribution in [0.4, 0.5) is 0 Å². The maximum Gasteiger partial charge on any atom is 0.343 e. The van der Waals surface area contributed by atoms with Crippen LogP contribution in [0.3, 0.4) is 0 Å². The summed E-state index contributed by atoms with van der Waals surface area (Å²) in [4.78, 5) is 24.6. The van der Waals surface area contributed by atoms with Gasteiger partial charge in [0.25, 0.3) is 0 Å². The molecule has 28 heavy (non-hydrogen) atoms. The summed E-state index contributed by atoms with van der Waals surface area (Å²) in [5, 5.41) is 0. The summed E-state index contributed by atoms with van der Waals surface area (Å²) in [5.41, 5.74) is 3.49. The van der Waals surface area contributed by atoms with Crippen LogP contribution in [0.2, 0.25) is 0 Å². The van der Waals surface area contributed by atoms with E-state index in [0.717, 1.165) is 11.1 Å². The molecular formula is C24H20O4. The molecule has 0 saturated carbocycles. The van der Waals surface area contributed by atoms with E-state index < -0.39 is 11.9 Å². The molecule has 3 aromatic rings. The molecule has 0 N–H and O–H groups in total. The van der Waals surface area contributed by atoms with E-state index in [-0.39, 0.29) is 0 Å². The summed E-state index contributed by atoms with van der Waals surface area (Å²) in [6.07, 6.45) is 1.70. The molecule has 0 spiro atoms. The van der Waals surface area contributed by atoms with Gasteiger partial charge in [-0.05, 0) is 67.4 Å². The first-order valence-electron chi connectivity index (χ1n) is 8.80. The fourth-order valence-electron chi connectivity index (χ4n) is 2.58. The van der Waals surface area contributed by atoms with Gasteiger partial charge in [-0.3, -0.25) is 0 Å². The highest BCUT2D eigenvalue weighted by Gasteiger charge is 2.14. The minimum atomic E-state index is -0.468. The third kappa shape index (κ3) is 4.54. The molecule has 0 atom stereocenters. The highest BCUT2D eigenvalue weighted by Crippen LogP contribution is 2.22. The largest absolute Gasteiger partial charge is 0.423 e. The number of carbonyl (C=O) groups is 2. The van der Waals surface area contributed by atoms with Crippen LogP contribution in [0.25, 0.3) is 6.08 Å². The van der Waals surface area contributed by atoms with Gasteiger partial charge in [-0.2, -0.15) is 0 Å². The lowest BCUT2D eigenvalue weighted by Crippen LogP contribution is -2.11. The van der Waals surface area contributed by atoms with Gasteiger partial charge in [-0.25, -0.2) is 9.59 Å². The van der Waals surface area contributed by atoms with Gasteiger partial charge in [0.1, 0.15) is 11.5 Å². The van der Waals surface area contributed by atoms with Crippen molar-refractivity contribution in [2.75, 3.05) is 0 Å².